The van der Waals surface area contributed by atoms with Crippen LogP contribution in [-0.4, -0.2) is 29.3 Å². The van der Waals surface area contributed by atoms with Crippen LogP contribution in [0.5, 0.6) is 0 Å². The molecule has 0 radical (unpaired) electrons. The molecule has 0 fully saturated rings. The number of methoxy groups -OCH3 is 1. The summed E-state index contributed by atoms with van der Waals surface area (Å²) in [5, 5.41) is 3.50. The first-order valence-electron chi connectivity index (χ1n) is 6.86. The van der Waals surface area contributed by atoms with Crippen LogP contribution >= 0.6 is 0 Å². The Morgan fingerprint density at radius 1 is 1.44 bits per heavy atom. The molecule has 0 bridgehead atoms. The second-order valence-electron chi connectivity index (χ2n) is 5.19. The van der Waals surface area contributed by atoms with Crippen molar-refractivity contribution in [1.82, 2.24) is 9.55 Å². The summed E-state index contributed by atoms with van der Waals surface area (Å²) < 4.78 is 7.25. The molecule has 104 valence electrons. The van der Waals surface area contributed by atoms with Gasteiger partial charge in [0.1, 0.15) is 0 Å². The first-order chi connectivity index (χ1) is 8.56. The van der Waals surface area contributed by atoms with E-state index in [1.807, 2.05) is 6.92 Å². The van der Waals surface area contributed by atoms with Crippen LogP contribution < -0.4 is 5.32 Å². The molecule has 1 aromatic heterocycles. The number of nitrogens with zero attached hydrogens (tertiary/aromatic N) is 2. The monoisotopic (exact) mass is 253 g/mol. The molecule has 0 saturated heterocycles. The van der Waals surface area contributed by atoms with Crippen LogP contribution in [0.2, 0.25) is 0 Å². The Kier molecular flexibility index (Phi) is 6.19. The maximum absolute atomic E-state index is 5.12. The fourth-order valence-corrected chi connectivity index (χ4v) is 2.07. The standard InChI is InChI=1S/C14H27N3O/c1-6-11(2)9-12(3)15-14-16-13(4)10-17(14)7-8-18-5/h10-12H,6-9H2,1-5H3,(H,15,16). The lowest BCUT2D eigenvalue weighted by atomic mass is 10.0. The third-order valence-corrected chi connectivity index (χ3v) is 3.26. The van der Waals surface area contributed by atoms with Crippen molar-refractivity contribution in [2.45, 2.75) is 53.1 Å². The molecule has 1 aromatic rings. The van der Waals surface area contributed by atoms with Crippen molar-refractivity contribution in [2.24, 2.45) is 5.92 Å². The molecule has 18 heavy (non-hydrogen) atoms. The van der Waals surface area contributed by atoms with Crippen LogP contribution in [0.15, 0.2) is 6.20 Å². The Balaban J connectivity index is 2.59. The Bertz CT molecular complexity index is 349. The minimum atomic E-state index is 0.447. The summed E-state index contributed by atoms with van der Waals surface area (Å²) in [5.41, 5.74) is 1.05. The summed E-state index contributed by atoms with van der Waals surface area (Å²) in [6, 6.07) is 0.447. The van der Waals surface area contributed by atoms with Crippen LogP contribution in [0, 0.1) is 12.8 Å². The summed E-state index contributed by atoms with van der Waals surface area (Å²) >= 11 is 0. The molecule has 2 atom stereocenters. The van der Waals surface area contributed by atoms with Crippen LogP contribution in [0.3, 0.4) is 0 Å². The topological polar surface area (TPSA) is 39.1 Å². The van der Waals surface area contributed by atoms with Gasteiger partial charge in [0.05, 0.1) is 12.3 Å². The highest BCUT2D eigenvalue weighted by Gasteiger charge is 2.11. The molecule has 0 spiro atoms. The third kappa shape index (κ3) is 4.69. The average Bonchev–Trinajstić information content (AvgIpc) is 2.66. The molecule has 2 unspecified atom stereocenters. The number of aromatic nitrogens is 2. The fraction of sp³-hybridized carbons (Fsp3) is 0.786. The highest BCUT2D eigenvalue weighted by molar-refractivity contribution is 5.30. The zero-order valence-corrected chi connectivity index (χ0v) is 12.4. The maximum atomic E-state index is 5.12. The third-order valence-electron chi connectivity index (χ3n) is 3.26. The van der Waals surface area contributed by atoms with Crippen molar-refractivity contribution in [2.75, 3.05) is 19.0 Å². The van der Waals surface area contributed by atoms with Crippen LogP contribution in [0.25, 0.3) is 0 Å². The Morgan fingerprint density at radius 3 is 2.78 bits per heavy atom. The number of nitrogens with one attached hydrogen (secondary N) is 1. The predicted octanol–water partition coefficient (Wildman–Crippen LogP) is 3.07. The summed E-state index contributed by atoms with van der Waals surface area (Å²) in [4.78, 5) is 4.53. The van der Waals surface area contributed by atoms with Crippen molar-refractivity contribution >= 4 is 5.95 Å². The fourth-order valence-electron chi connectivity index (χ4n) is 2.07. The van der Waals surface area contributed by atoms with Crippen LogP contribution in [0.4, 0.5) is 5.95 Å². The largest absolute Gasteiger partial charge is 0.383 e. The molecule has 1 rings (SSSR count). The van der Waals surface area contributed by atoms with E-state index in [1.54, 1.807) is 7.11 Å². The van der Waals surface area contributed by atoms with Crippen LogP contribution in [-0.2, 0) is 11.3 Å². The molecular formula is C14H27N3O. The predicted molar refractivity (Wildman–Crippen MR) is 76.0 cm³/mol. The highest BCUT2D eigenvalue weighted by atomic mass is 16.5. The second kappa shape index (κ2) is 7.41. The lowest BCUT2D eigenvalue weighted by Crippen LogP contribution is -2.21. The highest BCUT2D eigenvalue weighted by Crippen LogP contribution is 2.15. The lowest BCUT2D eigenvalue weighted by molar-refractivity contribution is 0.187. The number of rotatable bonds is 8. The molecule has 4 nitrogen and oxygen atoms in total. The van der Waals surface area contributed by atoms with E-state index >= 15 is 0 Å². The molecule has 0 amide bonds. The minimum Gasteiger partial charge on any atom is -0.383 e. The molecule has 0 aliphatic heterocycles. The van der Waals surface area contributed by atoms with Gasteiger partial charge in [-0.15, -0.1) is 0 Å². The first kappa shape index (κ1) is 15.0. The van der Waals surface area contributed by atoms with E-state index in [-0.39, 0.29) is 0 Å². The molecule has 0 aromatic carbocycles. The minimum absolute atomic E-state index is 0.447. The van der Waals surface area contributed by atoms with E-state index in [1.165, 1.54) is 12.8 Å². The quantitative estimate of drug-likeness (QED) is 0.774. The van der Waals surface area contributed by atoms with Gasteiger partial charge in [0.25, 0.3) is 0 Å². The van der Waals surface area contributed by atoms with E-state index in [0.29, 0.717) is 12.6 Å². The zero-order chi connectivity index (χ0) is 13.5. The van der Waals surface area contributed by atoms with Gasteiger partial charge >= 0.3 is 0 Å². The zero-order valence-electron chi connectivity index (χ0n) is 12.4. The number of hydrogen-bond donors (Lipinski definition) is 1. The summed E-state index contributed by atoms with van der Waals surface area (Å²) in [7, 11) is 1.72. The number of aryl methyl sites for hydroxylation is 1. The summed E-state index contributed by atoms with van der Waals surface area (Å²) in [6.45, 7) is 10.3. The summed E-state index contributed by atoms with van der Waals surface area (Å²) in [6.07, 6.45) is 4.47. The SMILES string of the molecule is CCC(C)CC(C)Nc1nc(C)cn1CCOC. The molecule has 4 heteroatoms. The normalized spacial score (nSPS) is 14.5. The van der Waals surface area contributed by atoms with Gasteiger partial charge < -0.3 is 14.6 Å². The van der Waals surface area contributed by atoms with Crippen molar-refractivity contribution in [1.29, 1.82) is 0 Å². The Labute approximate surface area is 111 Å². The van der Waals surface area contributed by atoms with Gasteiger partial charge in [-0.3, -0.25) is 0 Å². The molecule has 1 heterocycles. The van der Waals surface area contributed by atoms with Gasteiger partial charge in [0.15, 0.2) is 0 Å². The molecule has 1 N–H and O–H groups in total. The first-order valence-corrected chi connectivity index (χ1v) is 6.86. The van der Waals surface area contributed by atoms with Gasteiger partial charge in [-0.2, -0.15) is 0 Å². The Hall–Kier alpha value is -1.03. The van der Waals surface area contributed by atoms with Crippen molar-refractivity contribution in [3.05, 3.63) is 11.9 Å². The number of anilines is 1. The van der Waals surface area contributed by atoms with E-state index in [2.05, 4.69) is 41.8 Å². The average molecular weight is 253 g/mol. The van der Waals surface area contributed by atoms with Gasteiger partial charge in [-0.05, 0) is 26.2 Å². The van der Waals surface area contributed by atoms with Crippen molar-refractivity contribution in [3.8, 4) is 0 Å². The van der Waals surface area contributed by atoms with Crippen molar-refractivity contribution < 1.29 is 4.74 Å². The molecule has 0 aliphatic rings. The smallest absolute Gasteiger partial charge is 0.203 e. The number of ether oxygens (including phenoxy) is 1. The maximum Gasteiger partial charge on any atom is 0.203 e. The Morgan fingerprint density at radius 2 is 2.17 bits per heavy atom. The number of hydrogen-bond acceptors (Lipinski definition) is 3. The van der Waals surface area contributed by atoms with E-state index in [0.717, 1.165) is 24.1 Å². The van der Waals surface area contributed by atoms with Crippen LogP contribution in [0.1, 0.15) is 39.3 Å². The van der Waals surface area contributed by atoms with Crippen molar-refractivity contribution in [3.63, 3.8) is 0 Å². The van der Waals surface area contributed by atoms with Gasteiger partial charge in [0.2, 0.25) is 5.95 Å². The van der Waals surface area contributed by atoms with Gasteiger partial charge in [0, 0.05) is 25.9 Å². The van der Waals surface area contributed by atoms with E-state index in [4.69, 9.17) is 4.74 Å². The van der Waals surface area contributed by atoms with Gasteiger partial charge in [-0.25, -0.2) is 4.98 Å². The second-order valence-corrected chi connectivity index (χ2v) is 5.19. The lowest BCUT2D eigenvalue weighted by Gasteiger charge is -2.18. The molecule has 0 saturated carbocycles. The molecular weight excluding hydrogens is 226 g/mol. The van der Waals surface area contributed by atoms with Gasteiger partial charge in [-0.1, -0.05) is 20.3 Å². The number of imidazole rings is 1. The summed E-state index contributed by atoms with van der Waals surface area (Å²) in [5.74, 6) is 1.70. The van der Waals surface area contributed by atoms with E-state index < -0.39 is 0 Å². The molecule has 0 aliphatic carbocycles. The van der Waals surface area contributed by atoms with E-state index in [9.17, 15) is 0 Å².